The van der Waals surface area contributed by atoms with Crippen molar-refractivity contribution in [2.24, 2.45) is 0 Å². The number of hydrogen-bond acceptors (Lipinski definition) is 2. The van der Waals surface area contributed by atoms with Gasteiger partial charge in [0.05, 0.1) is 18.3 Å². The van der Waals surface area contributed by atoms with Gasteiger partial charge in [0.15, 0.2) is 0 Å². The third kappa shape index (κ3) is 1.01. The Balaban J connectivity index is 2.39. The number of aliphatic hydroxyl groups excluding tert-OH is 1. The van der Waals surface area contributed by atoms with E-state index in [2.05, 4.69) is 0 Å². The van der Waals surface area contributed by atoms with Gasteiger partial charge in [0.25, 0.3) is 0 Å². The Morgan fingerprint density at radius 1 is 1.50 bits per heavy atom. The van der Waals surface area contributed by atoms with Gasteiger partial charge in [0.2, 0.25) is 0 Å². The van der Waals surface area contributed by atoms with Crippen molar-refractivity contribution in [1.82, 2.24) is 0 Å². The Morgan fingerprint density at radius 2 is 2.12 bits per heavy atom. The lowest BCUT2D eigenvalue weighted by atomic mass is 10.2. The number of hydrogen-bond donors (Lipinski definition) is 1. The van der Waals surface area contributed by atoms with Crippen LogP contribution in [-0.2, 0) is 4.74 Å². The summed E-state index contributed by atoms with van der Waals surface area (Å²) in [7, 11) is 0. The van der Waals surface area contributed by atoms with Gasteiger partial charge in [-0.05, 0) is 13.8 Å². The van der Waals surface area contributed by atoms with E-state index in [9.17, 15) is 0 Å². The van der Waals surface area contributed by atoms with E-state index in [-0.39, 0.29) is 18.3 Å². The van der Waals surface area contributed by atoms with Crippen LogP contribution in [0.2, 0.25) is 0 Å². The summed E-state index contributed by atoms with van der Waals surface area (Å²) in [5.74, 6) is 0. The SMILES string of the molecule is CC1O[C@H](C)C[C@@H]1O. The van der Waals surface area contributed by atoms with Crippen molar-refractivity contribution in [3.05, 3.63) is 0 Å². The van der Waals surface area contributed by atoms with Gasteiger partial charge in [-0.2, -0.15) is 0 Å². The van der Waals surface area contributed by atoms with Crippen LogP contribution in [0.1, 0.15) is 20.3 Å². The lowest BCUT2D eigenvalue weighted by Crippen LogP contribution is -2.15. The van der Waals surface area contributed by atoms with Crippen LogP contribution in [0.3, 0.4) is 0 Å². The zero-order chi connectivity index (χ0) is 6.15. The molecule has 1 unspecified atom stereocenters. The van der Waals surface area contributed by atoms with Gasteiger partial charge < -0.3 is 9.84 Å². The van der Waals surface area contributed by atoms with E-state index in [1.807, 2.05) is 13.8 Å². The topological polar surface area (TPSA) is 29.5 Å². The molecule has 1 aliphatic heterocycles. The lowest BCUT2D eigenvalue weighted by Gasteiger charge is -2.04. The zero-order valence-corrected chi connectivity index (χ0v) is 5.29. The van der Waals surface area contributed by atoms with Crippen molar-refractivity contribution in [2.45, 2.75) is 38.6 Å². The smallest absolute Gasteiger partial charge is 0.0823 e. The van der Waals surface area contributed by atoms with Crippen molar-refractivity contribution in [3.63, 3.8) is 0 Å². The van der Waals surface area contributed by atoms with E-state index in [0.717, 1.165) is 6.42 Å². The Kier molecular flexibility index (Phi) is 1.54. The van der Waals surface area contributed by atoms with Gasteiger partial charge >= 0.3 is 0 Å². The lowest BCUT2D eigenvalue weighted by molar-refractivity contribution is 0.0287. The molecule has 1 rings (SSSR count). The fourth-order valence-electron chi connectivity index (χ4n) is 1.04. The second-order valence-electron chi connectivity index (χ2n) is 2.45. The quantitative estimate of drug-likeness (QED) is 0.500. The van der Waals surface area contributed by atoms with Crippen molar-refractivity contribution in [3.8, 4) is 0 Å². The van der Waals surface area contributed by atoms with Gasteiger partial charge in [0.1, 0.15) is 0 Å². The highest BCUT2D eigenvalue weighted by molar-refractivity contribution is 4.75. The molecule has 0 spiro atoms. The first kappa shape index (κ1) is 6.05. The summed E-state index contributed by atoms with van der Waals surface area (Å²) < 4.78 is 5.22. The second-order valence-corrected chi connectivity index (χ2v) is 2.45. The minimum atomic E-state index is -0.231. The molecule has 1 aliphatic rings. The van der Waals surface area contributed by atoms with Gasteiger partial charge in [0, 0.05) is 6.42 Å². The summed E-state index contributed by atoms with van der Waals surface area (Å²) in [5.41, 5.74) is 0. The monoisotopic (exact) mass is 116 g/mol. The molecule has 0 aromatic carbocycles. The summed E-state index contributed by atoms with van der Waals surface area (Å²) in [4.78, 5) is 0. The van der Waals surface area contributed by atoms with E-state index in [0.29, 0.717) is 0 Å². The summed E-state index contributed by atoms with van der Waals surface area (Å²) in [6, 6.07) is 0. The highest BCUT2D eigenvalue weighted by Gasteiger charge is 2.26. The van der Waals surface area contributed by atoms with Crippen LogP contribution in [0, 0.1) is 0 Å². The molecule has 3 atom stereocenters. The first-order chi connectivity index (χ1) is 3.70. The van der Waals surface area contributed by atoms with E-state index >= 15 is 0 Å². The van der Waals surface area contributed by atoms with Crippen LogP contribution in [0.25, 0.3) is 0 Å². The maximum absolute atomic E-state index is 9.04. The highest BCUT2D eigenvalue weighted by Crippen LogP contribution is 2.18. The van der Waals surface area contributed by atoms with Gasteiger partial charge in [-0.15, -0.1) is 0 Å². The van der Waals surface area contributed by atoms with E-state index in [4.69, 9.17) is 9.84 Å². The molecule has 48 valence electrons. The molecule has 1 saturated heterocycles. The molecule has 0 aliphatic carbocycles. The maximum Gasteiger partial charge on any atom is 0.0823 e. The molecule has 2 heteroatoms. The molecule has 0 saturated carbocycles. The largest absolute Gasteiger partial charge is 0.390 e. The fourth-order valence-corrected chi connectivity index (χ4v) is 1.04. The highest BCUT2D eigenvalue weighted by atomic mass is 16.5. The number of aliphatic hydroxyl groups is 1. The summed E-state index contributed by atoms with van der Waals surface area (Å²) in [5, 5.41) is 9.04. The zero-order valence-electron chi connectivity index (χ0n) is 5.29. The van der Waals surface area contributed by atoms with Gasteiger partial charge in [-0.3, -0.25) is 0 Å². The Bertz CT molecular complexity index is 72.6. The minimum Gasteiger partial charge on any atom is -0.390 e. The van der Waals surface area contributed by atoms with E-state index in [1.165, 1.54) is 0 Å². The van der Waals surface area contributed by atoms with E-state index < -0.39 is 0 Å². The van der Waals surface area contributed by atoms with Crippen molar-refractivity contribution < 1.29 is 9.84 Å². The summed E-state index contributed by atoms with van der Waals surface area (Å²) in [6.45, 7) is 3.88. The fraction of sp³-hybridized carbons (Fsp3) is 1.00. The van der Waals surface area contributed by atoms with Gasteiger partial charge in [-0.25, -0.2) is 0 Å². The standard InChI is InChI=1S/C6H12O2/c1-4-3-6(7)5(2)8-4/h4-7H,3H2,1-2H3/t4-,5?,6+/m1/s1. The molecule has 2 nitrogen and oxygen atoms in total. The molecular formula is C6H12O2. The molecule has 1 N–H and O–H groups in total. The van der Waals surface area contributed by atoms with Crippen LogP contribution in [0.4, 0.5) is 0 Å². The third-order valence-electron chi connectivity index (χ3n) is 1.56. The van der Waals surface area contributed by atoms with Crippen molar-refractivity contribution in [1.29, 1.82) is 0 Å². The molecule has 0 amide bonds. The molecule has 1 heterocycles. The Hall–Kier alpha value is -0.0800. The first-order valence-electron chi connectivity index (χ1n) is 3.03. The minimum absolute atomic E-state index is 0.0463. The molecule has 0 aromatic heterocycles. The summed E-state index contributed by atoms with van der Waals surface area (Å²) >= 11 is 0. The van der Waals surface area contributed by atoms with Crippen LogP contribution in [0.15, 0.2) is 0 Å². The third-order valence-corrected chi connectivity index (χ3v) is 1.56. The predicted molar refractivity (Wildman–Crippen MR) is 30.6 cm³/mol. The maximum atomic E-state index is 9.04. The van der Waals surface area contributed by atoms with Crippen LogP contribution in [0.5, 0.6) is 0 Å². The normalized spacial score (nSPS) is 47.6. The average Bonchev–Trinajstić information content (AvgIpc) is 1.85. The van der Waals surface area contributed by atoms with Crippen molar-refractivity contribution >= 4 is 0 Å². The molecule has 0 radical (unpaired) electrons. The number of rotatable bonds is 0. The molecule has 0 bridgehead atoms. The Labute approximate surface area is 49.5 Å². The molecule has 8 heavy (non-hydrogen) atoms. The average molecular weight is 116 g/mol. The summed E-state index contributed by atoms with van der Waals surface area (Å²) in [6.07, 6.45) is 0.858. The van der Waals surface area contributed by atoms with Crippen LogP contribution in [-0.4, -0.2) is 23.4 Å². The van der Waals surface area contributed by atoms with Crippen molar-refractivity contribution in [2.75, 3.05) is 0 Å². The molecule has 1 fully saturated rings. The molecule has 0 aromatic rings. The van der Waals surface area contributed by atoms with Crippen LogP contribution >= 0.6 is 0 Å². The first-order valence-corrected chi connectivity index (χ1v) is 3.03. The van der Waals surface area contributed by atoms with Crippen LogP contribution < -0.4 is 0 Å². The second kappa shape index (κ2) is 2.03. The Morgan fingerprint density at radius 3 is 2.25 bits per heavy atom. The predicted octanol–water partition coefficient (Wildman–Crippen LogP) is 0.545. The molecular weight excluding hydrogens is 104 g/mol. The number of ether oxygens (including phenoxy) is 1. The van der Waals surface area contributed by atoms with E-state index in [1.54, 1.807) is 0 Å². The van der Waals surface area contributed by atoms with Gasteiger partial charge in [-0.1, -0.05) is 0 Å².